The lowest BCUT2D eigenvalue weighted by atomic mass is 10.2. The Balaban J connectivity index is 1.22. The maximum atomic E-state index is 2.36. The standard InChI is InChI=1S/C28H18S4/c1-3-7-19(8-4-1)11-13-21-15-23-25(29-21)17-27(31-23)28-18-26-24(32-28)16-22(30-26)14-12-20-9-5-2-6-10-20/h1-18H. The van der Waals surface area contributed by atoms with Gasteiger partial charge in [0.2, 0.25) is 0 Å². The Hall–Kier alpha value is -2.76. The van der Waals surface area contributed by atoms with Crippen LogP contribution in [0.3, 0.4) is 0 Å². The molecule has 0 aliphatic rings. The molecule has 0 bridgehead atoms. The quantitative estimate of drug-likeness (QED) is 0.229. The van der Waals surface area contributed by atoms with E-state index in [2.05, 4.69) is 109 Å². The molecule has 0 spiro atoms. The molecular weight excluding hydrogens is 465 g/mol. The molecule has 2 aromatic carbocycles. The zero-order valence-corrected chi connectivity index (χ0v) is 20.3. The Kier molecular flexibility index (Phi) is 5.37. The van der Waals surface area contributed by atoms with Crippen LogP contribution in [0.5, 0.6) is 0 Å². The van der Waals surface area contributed by atoms with Crippen molar-refractivity contribution in [2.24, 2.45) is 0 Å². The van der Waals surface area contributed by atoms with Gasteiger partial charge in [0.05, 0.1) is 0 Å². The van der Waals surface area contributed by atoms with Crippen molar-refractivity contribution in [1.82, 2.24) is 0 Å². The van der Waals surface area contributed by atoms with Crippen molar-refractivity contribution in [2.75, 3.05) is 0 Å². The highest BCUT2D eigenvalue weighted by atomic mass is 32.1. The highest BCUT2D eigenvalue weighted by Gasteiger charge is 2.12. The molecule has 0 nitrogen and oxygen atoms in total. The molecular formula is C28H18S4. The molecule has 4 heteroatoms. The molecule has 0 amide bonds. The number of benzene rings is 2. The zero-order valence-electron chi connectivity index (χ0n) is 17.0. The highest BCUT2D eigenvalue weighted by molar-refractivity contribution is 7.34. The van der Waals surface area contributed by atoms with Crippen LogP contribution >= 0.6 is 45.3 Å². The molecule has 6 aromatic rings. The van der Waals surface area contributed by atoms with Gasteiger partial charge in [-0.3, -0.25) is 0 Å². The van der Waals surface area contributed by atoms with E-state index in [9.17, 15) is 0 Å². The summed E-state index contributed by atoms with van der Waals surface area (Å²) in [6.45, 7) is 0. The smallest absolute Gasteiger partial charge is 0.0464 e. The molecule has 0 radical (unpaired) electrons. The van der Waals surface area contributed by atoms with Gasteiger partial charge in [0.15, 0.2) is 0 Å². The molecule has 0 aliphatic heterocycles. The first-order valence-corrected chi connectivity index (χ1v) is 13.6. The first kappa shape index (κ1) is 19.9. The lowest BCUT2D eigenvalue weighted by Gasteiger charge is -1.91. The van der Waals surface area contributed by atoms with E-state index in [0.29, 0.717) is 0 Å². The summed E-state index contributed by atoms with van der Waals surface area (Å²) in [7, 11) is 0. The largest absolute Gasteiger partial charge is 0.135 e. The fourth-order valence-electron chi connectivity index (χ4n) is 3.60. The fourth-order valence-corrected chi connectivity index (χ4v) is 8.29. The van der Waals surface area contributed by atoms with Crippen LogP contribution in [0.4, 0.5) is 0 Å². The van der Waals surface area contributed by atoms with Crippen molar-refractivity contribution < 1.29 is 0 Å². The second kappa shape index (κ2) is 8.64. The van der Waals surface area contributed by atoms with Crippen LogP contribution in [0.1, 0.15) is 20.9 Å². The summed E-state index contributed by atoms with van der Waals surface area (Å²) in [5.74, 6) is 0. The average Bonchev–Trinajstić information content (AvgIpc) is 3.56. The van der Waals surface area contributed by atoms with Gasteiger partial charge in [-0.2, -0.15) is 0 Å². The topological polar surface area (TPSA) is 0 Å². The Bertz CT molecular complexity index is 1370. The summed E-state index contributed by atoms with van der Waals surface area (Å²) < 4.78 is 5.50. The Labute approximate surface area is 203 Å². The van der Waals surface area contributed by atoms with Crippen LogP contribution in [-0.2, 0) is 0 Å². The summed E-state index contributed by atoms with van der Waals surface area (Å²) in [6, 6.07) is 30.3. The van der Waals surface area contributed by atoms with Crippen molar-refractivity contribution in [2.45, 2.75) is 0 Å². The summed E-state index contributed by atoms with van der Waals surface area (Å²) >= 11 is 7.54. The Morgan fingerprint density at radius 2 is 0.812 bits per heavy atom. The van der Waals surface area contributed by atoms with Gasteiger partial charge in [-0.25, -0.2) is 0 Å². The predicted molar refractivity (Wildman–Crippen MR) is 149 cm³/mol. The van der Waals surface area contributed by atoms with Gasteiger partial charge in [0, 0.05) is 38.3 Å². The summed E-state index contributed by atoms with van der Waals surface area (Å²) in [5.41, 5.74) is 2.48. The first-order chi connectivity index (χ1) is 15.8. The van der Waals surface area contributed by atoms with E-state index >= 15 is 0 Å². The van der Waals surface area contributed by atoms with E-state index in [1.54, 1.807) is 0 Å². The number of hydrogen-bond donors (Lipinski definition) is 0. The minimum atomic E-state index is 1.24. The van der Waals surface area contributed by atoms with E-state index in [1.165, 1.54) is 49.4 Å². The predicted octanol–water partition coefficient (Wildman–Crippen LogP) is 10.2. The zero-order chi connectivity index (χ0) is 21.3. The minimum Gasteiger partial charge on any atom is -0.135 e. The normalized spacial score (nSPS) is 12.1. The third-order valence-corrected chi connectivity index (χ3v) is 9.89. The van der Waals surface area contributed by atoms with Crippen molar-refractivity contribution in [3.8, 4) is 9.75 Å². The van der Waals surface area contributed by atoms with Gasteiger partial charge < -0.3 is 0 Å². The number of thiophene rings is 4. The highest BCUT2D eigenvalue weighted by Crippen LogP contribution is 2.44. The summed E-state index contributed by atoms with van der Waals surface area (Å²) in [6.07, 6.45) is 8.82. The molecule has 0 atom stereocenters. The molecule has 0 unspecified atom stereocenters. The number of rotatable bonds is 5. The van der Waals surface area contributed by atoms with Crippen LogP contribution in [0.25, 0.3) is 52.9 Å². The number of hydrogen-bond acceptors (Lipinski definition) is 4. The van der Waals surface area contributed by atoms with Crippen LogP contribution in [0.15, 0.2) is 84.9 Å². The van der Waals surface area contributed by atoms with Gasteiger partial charge in [-0.15, -0.1) is 45.3 Å². The molecule has 4 aromatic heterocycles. The van der Waals surface area contributed by atoms with Crippen LogP contribution < -0.4 is 0 Å². The Morgan fingerprint density at radius 1 is 0.406 bits per heavy atom. The molecule has 0 N–H and O–H groups in total. The van der Waals surface area contributed by atoms with Crippen LogP contribution in [0, 0.1) is 0 Å². The van der Waals surface area contributed by atoms with Crippen molar-refractivity contribution >= 4 is 88.5 Å². The van der Waals surface area contributed by atoms with E-state index in [0.717, 1.165) is 0 Å². The van der Waals surface area contributed by atoms with Crippen molar-refractivity contribution in [3.05, 3.63) is 106 Å². The van der Waals surface area contributed by atoms with Gasteiger partial charge in [0.1, 0.15) is 0 Å². The van der Waals surface area contributed by atoms with E-state index < -0.39 is 0 Å². The molecule has 0 fully saturated rings. The van der Waals surface area contributed by atoms with E-state index in [4.69, 9.17) is 0 Å². The molecule has 6 rings (SSSR count). The fraction of sp³-hybridized carbons (Fsp3) is 0. The summed E-state index contributed by atoms with van der Waals surface area (Å²) in [4.78, 5) is 5.37. The SMILES string of the molecule is C(=Cc1cc2sc(-c3cc4sc(C=Cc5ccccc5)cc4s3)cc2s1)c1ccccc1. The molecule has 0 aliphatic carbocycles. The molecule has 154 valence electrons. The van der Waals surface area contributed by atoms with Gasteiger partial charge in [-0.05, 0) is 47.5 Å². The number of fused-ring (bicyclic) bond motifs is 2. The van der Waals surface area contributed by atoms with E-state index in [1.807, 2.05) is 45.3 Å². The molecule has 4 heterocycles. The third kappa shape index (κ3) is 4.15. The van der Waals surface area contributed by atoms with Crippen LogP contribution in [-0.4, -0.2) is 0 Å². The van der Waals surface area contributed by atoms with Crippen LogP contribution in [0.2, 0.25) is 0 Å². The average molecular weight is 483 g/mol. The molecule has 0 saturated carbocycles. The third-order valence-electron chi connectivity index (χ3n) is 5.17. The molecule has 32 heavy (non-hydrogen) atoms. The van der Waals surface area contributed by atoms with E-state index in [-0.39, 0.29) is 0 Å². The van der Waals surface area contributed by atoms with Gasteiger partial charge >= 0.3 is 0 Å². The van der Waals surface area contributed by atoms with Gasteiger partial charge in [0.25, 0.3) is 0 Å². The minimum absolute atomic E-state index is 1.24. The first-order valence-electron chi connectivity index (χ1n) is 10.3. The second-order valence-electron chi connectivity index (χ2n) is 7.46. The lowest BCUT2D eigenvalue weighted by molar-refractivity contribution is 1.67. The lowest BCUT2D eigenvalue weighted by Crippen LogP contribution is -1.67. The second-order valence-corrected chi connectivity index (χ2v) is 11.9. The summed E-state index contributed by atoms with van der Waals surface area (Å²) in [5, 5.41) is 0. The maximum absolute atomic E-state index is 2.36. The van der Waals surface area contributed by atoms with Crippen molar-refractivity contribution in [3.63, 3.8) is 0 Å². The maximum Gasteiger partial charge on any atom is 0.0464 e. The van der Waals surface area contributed by atoms with Gasteiger partial charge in [-0.1, -0.05) is 72.8 Å². The Morgan fingerprint density at radius 3 is 1.22 bits per heavy atom. The molecule has 0 saturated heterocycles. The monoisotopic (exact) mass is 482 g/mol. The van der Waals surface area contributed by atoms with Crippen molar-refractivity contribution in [1.29, 1.82) is 0 Å².